The van der Waals surface area contributed by atoms with E-state index in [9.17, 15) is 0 Å². The van der Waals surface area contributed by atoms with Gasteiger partial charge in [0.2, 0.25) is 0 Å². The molecule has 2 N–H and O–H groups in total. The zero-order valence-corrected chi connectivity index (χ0v) is 12.0. The molecule has 3 nitrogen and oxygen atoms in total. The minimum atomic E-state index is -0.178. The Morgan fingerprint density at radius 2 is 2.00 bits per heavy atom. The number of hydrogen-bond donors (Lipinski definition) is 2. The first-order valence-electron chi connectivity index (χ1n) is 6.82. The van der Waals surface area contributed by atoms with Gasteiger partial charge in [-0.25, -0.2) is 0 Å². The van der Waals surface area contributed by atoms with E-state index in [1.54, 1.807) is 7.11 Å². The van der Waals surface area contributed by atoms with Crippen LogP contribution in [0.2, 0.25) is 5.02 Å². The third-order valence-corrected chi connectivity index (χ3v) is 4.02. The van der Waals surface area contributed by atoms with Crippen LogP contribution in [0.4, 0.5) is 0 Å². The van der Waals surface area contributed by atoms with Crippen LogP contribution in [-0.2, 0) is 4.84 Å². The monoisotopic (exact) mass is 280 g/mol. The third kappa shape index (κ3) is 4.03. The Morgan fingerprint density at radius 1 is 1.37 bits per heavy atom. The number of halogens is 1. The summed E-state index contributed by atoms with van der Waals surface area (Å²) in [6.07, 6.45) is 5.97. The van der Waals surface area contributed by atoms with Gasteiger partial charge in [-0.1, -0.05) is 49.4 Å². The van der Waals surface area contributed by atoms with Gasteiger partial charge in [-0.05, 0) is 30.0 Å². The van der Waals surface area contributed by atoms with Crippen LogP contribution in [0.15, 0.2) is 24.3 Å². The number of nitrogens with one attached hydrogen (secondary N) is 2. The molecular weight excluding hydrogens is 260 g/mol. The van der Waals surface area contributed by atoms with Gasteiger partial charge in [0.05, 0.1) is 13.2 Å². The minimum absolute atomic E-state index is 0.178. The summed E-state index contributed by atoms with van der Waals surface area (Å²) in [5.74, 6) is 0.668. The van der Waals surface area contributed by atoms with E-state index in [0.717, 1.165) is 12.0 Å². The third-order valence-electron chi connectivity index (χ3n) is 3.77. The van der Waals surface area contributed by atoms with E-state index in [1.807, 2.05) is 24.3 Å². The molecule has 0 spiro atoms. The van der Waals surface area contributed by atoms with Crippen LogP contribution in [0.25, 0.3) is 0 Å². The van der Waals surface area contributed by atoms with Gasteiger partial charge in [0.25, 0.3) is 0 Å². The van der Waals surface area contributed by atoms with Gasteiger partial charge in [0.1, 0.15) is 0 Å². The highest BCUT2D eigenvalue weighted by atomic mass is 35.5. The summed E-state index contributed by atoms with van der Waals surface area (Å²) in [6, 6.07) is 7.42. The van der Waals surface area contributed by atoms with Gasteiger partial charge < -0.3 is 10.2 Å². The fourth-order valence-electron chi connectivity index (χ4n) is 2.76. The van der Waals surface area contributed by atoms with Crippen molar-refractivity contribution in [1.82, 2.24) is 5.48 Å². The number of hydrogen-bond acceptors (Lipinski definition) is 3. The van der Waals surface area contributed by atoms with Crippen molar-refractivity contribution in [2.45, 2.75) is 38.1 Å². The lowest BCUT2D eigenvalue weighted by Crippen LogP contribution is -2.28. The molecule has 19 heavy (non-hydrogen) atoms. The summed E-state index contributed by atoms with van der Waals surface area (Å²) >= 11 is 5.91. The second kappa shape index (κ2) is 7.04. The van der Waals surface area contributed by atoms with Crippen LogP contribution >= 0.6 is 11.6 Å². The van der Waals surface area contributed by atoms with Gasteiger partial charge >= 0.3 is 0 Å². The maximum Gasteiger partial charge on any atom is 0.0946 e. The maximum atomic E-state index is 8.33. The molecule has 1 saturated carbocycles. The first-order chi connectivity index (χ1) is 9.20. The molecule has 4 heteroatoms. The summed E-state index contributed by atoms with van der Waals surface area (Å²) < 4.78 is 0. The van der Waals surface area contributed by atoms with Crippen molar-refractivity contribution in [2.24, 2.45) is 5.92 Å². The van der Waals surface area contributed by atoms with Crippen molar-refractivity contribution in [3.63, 3.8) is 0 Å². The van der Waals surface area contributed by atoms with Crippen molar-refractivity contribution in [1.29, 1.82) is 5.41 Å². The molecule has 0 radical (unpaired) electrons. The number of rotatable bonds is 6. The molecule has 1 fully saturated rings. The quantitative estimate of drug-likeness (QED) is 0.608. The lowest BCUT2D eigenvalue weighted by Gasteiger charge is -2.21. The molecule has 2 rings (SSSR count). The van der Waals surface area contributed by atoms with E-state index < -0.39 is 0 Å². The predicted octanol–water partition coefficient (Wildman–Crippen LogP) is 4.13. The maximum absolute atomic E-state index is 8.33. The summed E-state index contributed by atoms with van der Waals surface area (Å²) in [5, 5.41) is 9.04. The molecule has 0 amide bonds. The first kappa shape index (κ1) is 14.5. The van der Waals surface area contributed by atoms with Crippen molar-refractivity contribution >= 4 is 17.3 Å². The molecule has 0 heterocycles. The van der Waals surface area contributed by atoms with Crippen molar-refractivity contribution < 1.29 is 4.84 Å². The zero-order valence-electron chi connectivity index (χ0n) is 11.3. The lowest BCUT2D eigenvalue weighted by molar-refractivity contribution is 0.0775. The average Bonchev–Trinajstić information content (AvgIpc) is 2.90. The second-order valence-corrected chi connectivity index (χ2v) is 5.62. The standard InChI is InChI=1S/C15H21ClN2O/c1-19-18-15(12-6-8-13(16)9-7-12)14(17)10-11-4-2-3-5-11/h6-9,11,15,17-18H,2-5,10H2,1H3. The van der Waals surface area contributed by atoms with Crippen LogP contribution in [0.1, 0.15) is 43.7 Å². The highest BCUT2D eigenvalue weighted by Gasteiger charge is 2.22. The predicted molar refractivity (Wildman–Crippen MR) is 78.6 cm³/mol. The van der Waals surface area contributed by atoms with Gasteiger partial charge in [0, 0.05) is 10.7 Å². The largest absolute Gasteiger partial charge is 0.308 e. The molecule has 0 bridgehead atoms. The normalized spacial score (nSPS) is 17.6. The van der Waals surface area contributed by atoms with Crippen LogP contribution in [0.5, 0.6) is 0 Å². The van der Waals surface area contributed by atoms with E-state index in [4.69, 9.17) is 21.8 Å². The Hall–Kier alpha value is -0.900. The topological polar surface area (TPSA) is 45.1 Å². The fraction of sp³-hybridized carbons (Fsp3) is 0.533. The second-order valence-electron chi connectivity index (χ2n) is 5.19. The number of hydroxylamine groups is 1. The summed E-state index contributed by atoms with van der Waals surface area (Å²) in [4.78, 5) is 5.05. The molecule has 104 valence electrons. The number of benzene rings is 1. The molecule has 0 aliphatic heterocycles. The van der Waals surface area contributed by atoms with Crippen LogP contribution in [-0.4, -0.2) is 12.8 Å². The molecule has 1 aromatic carbocycles. The van der Waals surface area contributed by atoms with Gasteiger partial charge in [0.15, 0.2) is 0 Å². The zero-order chi connectivity index (χ0) is 13.7. The molecule has 0 aromatic heterocycles. The van der Waals surface area contributed by atoms with E-state index in [0.29, 0.717) is 16.7 Å². The first-order valence-corrected chi connectivity index (χ1v) is 7.20. The smallest absolute Gasteiger partial charge is 0.0946 e. The minimum Gasteiger partial charge on any atom is -0.308 e. The Labute approximate surface area is 119 Å². The van der Waals surface area contributed by atoms with Gasteiger partial charge in [-0.2, -0.15) is 5.48 Å². The Bertz CT molecular complexity index is 413. The van der Waals surface area contributed by atoms with Gasteiger partial charge in [-0.3, -0.25) is 0 Å². The SMILES string of the molecule is CONC(C(=N)CC1CCCC1)c1ccc(Cl)cc1. The molecule has 1 aromatic rings. The van der Waals surface area contributed by atoms with Crippen molar-refractivity contribution in [3.05, 3.63) is 34.9 Å². The average molecular weight is 281 g/mol. The molecule has 0 saturated heterocycles. The Kier molecular flexibility index (Phi) is 5.37. The van der Waals surface area contributed by atoms with Gasteiger partial charge in [-0.15, -0.1) is 0 Å². The summed E-state index contributed by atoms with van der Waals surface area (Å²) in [5.41, 5.74) is 4.64. The fourth-order valence-corrected chi connectivity index (χ4v) is 2.88. The molecule has 1 atom stereocenters. The Morgan fingerprint density at radius 3 is 2.58 bits per heavy atom. The Balaban J connectivity index is 2.05. The van der Waals surface area contributed by atoms with Crippen molar-refractivity contribution in [3.8, 4) is 0 Å². The van der Waals surface area contributed by atoms with Crippen molar-refractivity contribution in [2.75, 3.05) is 7.11 Å². The van der Waals surface area contributed by atoms with Crippen LogP contribution < -0.4 is 5.48 Å². The van der Waals surface area contributed by atoms with E-state index in [1.165, 1.54) is 25.7 Å². The molecular formula is C15H21ClN2O. The molecule has 1 aliphatic rings. The lowest BCUT2D eigenvalue weighted by atomic mass is 9.93. The summed E-state index contributed by atoms with van der Waals surface area (Å²) in [7, 11) is 1.59. The molecule has 1 aliphatic carbocycles. The highest BCUT2D eigenvalue weighted by Crippen LogP contribution is 2.30. The van der Waals surface area contributed by atoms with Crippen LogP contribution in [0.3, 0.4) is 0 Å². The van der Waals surface area contributed by atoms with E-state index in [-0.39, 0.29) is 6.04 Å². The molecule has 1 unspecified atom stereocenters. The van der Waals surface area contributed by atoms with Crippen LogP contribution in [0, 0.1) is 11.3 Å². The highest BCUT2D eigenvalue weighted by molar-refractivity contribution is 6.30. The van der Waals surface area contributed by atoms with E-state index >= 15 is 0 Å². The summed E-state index contributed by atoms with van der Waals surface area (Å²) in [6.45, 7) is 0. The van der Waals surface area contributed by atoms with E-state index in [2.05, 4.69) is 5.48 Å².